The van der Waals surface area contributed by atoms with Gasteiger partial charge in [-0.25, -0.2) is 4.79 Å². The minimum absolute atomic E-state index is 0. The molecule has 0 aliphatic rings. The molecule has 2 unspecified atom stereocenters. The molecule has 0 spiro atoms. The maximum atomic E-state index is 12.1. The van der Waals surface area contributed by atoms with E-state index in [9.17, 15) is 9.59 Å². The third-order valence-electron chi connectivity index (χ3n) is 4.40. The van der Waals surface area contributed by atoms with Crippen molar-refractivity contribution in [3.8, 4) is 0 Å². The van der Waals surface area contributed by atoms with Gasteiger partial charge in [-0.05, 0) is 19.3 Å². The predicted molar refractivity (Wildman–Crippen MR) is 104 cm³/mol. The first-order valence-corrected chi connectivity index (χ1v) is 10.2. The van der Waals surface area contributed by atoms with Crippen molar-refractivity contribution in [2.45, 2.75) is 96.3 Å². The fourth-order valence-corrected chi connectivity index (χ4v) is 2.85. The number of hydrogen-bond donors (Lipinski definition) is 4. The monoisotopic (exact) mass is 408 g/mol. The normalized spacial score (nSPS) is 12.7. The molecule has 0 saturated carbocycles. The van der Waals surface area contributed by atoms with E-state index >= 15 is 0 Å². The number of quaternary nitrogens is 1. The van der Waals surface area contributed by atoms with Gasteiger partial charge in [-0.1, -0.05) is 58.3 Å². The average molecular weight is 409 g/mol. The first kappa shape index (κ1) is 28.3. The fraction of sp³-hybridized carbons (Fsp3) is 0.895. The van der Waals surface area contributed by atoms with E-state index < -0.39 is 12.0 Å². The summed E-state index contributed by atoms with van der Waals surface area (Å²) in [6.45, 7) is 2.87. The van der Waals surface area contributed by atoms with Crippen LogP contribution < -0.4 is 34.5 Å². The lowest BCUT2D eigenvalue weighted by Gasteiger charge is -2.16. The first-order chi connectivity index (χ1) is 12.5. The molecule has 27 heavy (non-hydrogen) atoms. The van der Waals surface area contributed by atoms with Gasteiger partial charge in [-0.2, -0.15) is 0 Å². The van der Waals surface area contributed by atoms with Crippen molar-refractivity contribution < 1.29 is 32.5 Å². The molecule has 2 atom stereocenters. The van der Waals surface area contributed by atoms with E-state index in [2.05, 4.69) is 23.3 Å². The van der Waals surface area contributed by atoms with Gasteiger partial charge in [0.15, 0.2) is 6.29 Å². The smallest absolute Gasteiger partial charge is 0.328 e. The van der Waals surface area contributed by atoms with Crippen molar-refractivity contribution in [1.29, 1.82) is 0 Å². The summed E-state index contributed by atoms with van der Waals surface area (Å²) in [6.07, 6.45) is 12.3. The summed E-state index contributed by atoms with van der Waals surface area (Å²) in [4.78, 5) is 23.9. The van der Waals surface area contributed by atoms with Crippen LogP contribution in [0.3, 0.4) is 0 Å². The predicted octanol–water partition coefficient (Wildman–Crippen LogP) is -1.58. The lowest BCUT2D eigenvalue weighted by Crippen LogP contribution is -3.00. The van der Waals surface area contributed by atoms with Gasteiger partial charge in [0.05, 0.1) is 7.11 Å². The van der Waals surface area contributed by atoms with Crippen LogP contribution in [0.1, 0.15) is 84.0 Å². The number of nitrogens with one attached hydrogen (secondary N) is 2. The molecule has 0 aromatic rings. The Morgan fingerprint density at radius 1 is 1.00 bits per heavy atom. The standard InChI is InChI=1S/C19H40N4O3.ClH/c1-3-4-5-6-7-8-9-10-11-14-17(24)23-16(18(25)26-2)13-12-15-22-19(20)21;/h16,19,22H,3-15,20-21H2,1-2H3,(H,23,24);1H. The Morgan fingerprint density at radius 2 is 1.56 bits per heavy atom. The van der Waals surface area contributed by atoms with Gasteiger partial charge in [-0.3, -0.25) is 15.8 Å². The van der Waals surface area contributed by atoms with E-state index in [0.29, 0.717) is 25.8 Å². The fourth-order valence-electron chi connectivity index (χ4n) is 2.85. The number of unbranched alkanes of at least 4 members (excludes halogenated alkanes) is 8. The van der Waals surface area contributed by atoms with Gasteiger partial charge in [0.1, 0.15) is 6.04 Å². The number of amides is 1. The number of carbonyl (C=O) groups excluding carboxylic acids is 2. The molecule has 8 heteroatoms. The zero-order valence-electron chi connectivity index (χ0n) is 17.2. The highest BCUT2D eigenvalue weighted by atomic mass is 35.5. The number of rotatable bonds is 17. The molecule has 0 heterocycles. The molecule has 0 saturated heterocycles. The lowest BCUT2D eigenvalue weighted by atomic mass is 10.1. The third-order valence-corrected chi connectivity index (χ3v) is 4.40. The van der Waals surface area contributed by atoms with Gasteiger partial charge >= 0.3 is 5.97 Å². The first-order valence-electron chi connectivity index (χ1n) is 10.2. The second-order valence-corrected chi connectivity index (χ2v) is 6.92. The van der Waals surface area contributed by atoms with Crippen LogP contribution in [0, 0.1) is 0 Å². The molecule has 0 rings (SSSR count). The highest BCUT2D eigenvalue weighted by molar-refractivity contribution is 5.84. The third kappa shape index (κ3) is 18.2. The molecule has 0 bridgehead atoms. The summed E-state index contributed by atoms with van der Waals surface area (Å²) in [5, 5.41) is 5.78. The Balaban J connectivity index is 0. The van der Waals surface area contributed by atoms with E-state index in [4.69, 9.17) is 10.5 Å². The van der Waals surface area contributed by atoms with Gasteiger partial charge < -0.3 is 28.2 Å². The maximum absolute atomic E-state index is 12.1. The number of methoxy groups -OCH3 is 1. The van der Waals surface area contributed by atoms with Crippen LogP contribution in [-0.4, -0.2) is 37.9 Å². The summed E-state index contributed by atoms with van der Waals surface area (Å²) in [7, 11) is 1.34. The zero-order chi connectivity index (χ0) is 19.6. The number of nitrogens with two attached hydrogens (primary N) is 1. The number of halogens is 1. The van der Waals surface area contributed by atoms with Crippen LogP contribution in [0.5, 0.6) is 0 Å². The van der Waals surface area contributed by atoms with Crippen molar-refractivity contribution in [2.75, 3.05) is 13.7 Å². The number of esters is 1. The number of carbonyl (C=O) groups is 2. The minimum atomic E-state index is -0.589. The van der Waals surface area contributed by atoms with Crippen molar-refractivity contribution in [3.63, 3.8) is 0 Å². The second kappa shape index (κ2) is 19.9. The van der Waals surface area contributed by atoms with Crippen molar-refractivity contribution >= 4 is 11.9 Å². The maximum Gasteiger partial charge on any atom is 0.328 e. The molecule has 1 amide bonds. The van der Waals surface area contributed by atoms with E-state index in [-0.39, 0.29) is 24.6 Å². The Kier molecular flexibility index (Phi) is 20.8. The summed E-state index contributed by atoms with van der Waals surface area (Å²) >= 11 is 0. The van der Waals surface area contributed by atoms with Gasteiger partial charge in [0.25, 0.3) is 0 Å². The van der Waals surface area contributed by atoms with Crippen molar-refractivity contribution in [2.24, 2.45) is 5.73 Å². The van der Waals surface area contributed by atoms with Gasteiger partial charge in [0, 0.05) is 13.0 Å². The summed E-state index contributed by atoms with van der Waals surface area (Å²) < 4.78 is 4.78. The van der Waals surface area contributed by atoms with E-state index in [1.54, 1.807) is 0 Å². The molecule has 0 aromatic carbocycles. The zero-order valence-corrected chi connectivity index (χ0v) is 18.0. The summed E-state index contributed by atoms with van der Waals surface area (Å²) in [5.74, 6) is -0.477. The second-order valence-electron chi connectivity index (χ2n) is 6.92. The summed E-state index contributed by atoms with van der Waals surface area (Å²) in [5.41, 5.74) is 9.15. The molecule has 0 fully saturated rings. The number of ether oxygens (including phenoxy) is 1. The lowest BCUT2D eigenvalue weighted by molar-refractivity contribution is -0.427. The van der Waals surface area contributed by atoms with Crippen LogP contribution in [-0.2, 0) is 14.3 Å². The molecule has 7 nitrogen and oxygen atoms in total. The van der Waals surface area contributed by atoms with E-state index in [0.717, 1.165) is 12.8 Å². The molecule has 0 radical (unpaired) electrons. The van der Waals surface area contributed by atoms with Gasteiger partial charge in [0.2, 0.25) is 5.91 Å². The van der Waals surface area contributed by atoms with Gasteiger partial charge in [-0.15, -0.1) is 0 Å². The highest BCUT2D eigenvalue weighted by Crippen LogP contribution is 2.10. The topological polar surface area (TPSA) is 121 Å². The number of hydrogen-bond acceptors (Lipinski definition) is 5. The average Bonchev–Trinajstić information content (AvgIpc) is 2.62. The molecular formula is C19H41ClN4O3. The van der Waals surface area contributed by atoms with Crippen LogP contribution in [0.4, 0.5) is 0 Å². The largest absolute Gasteiger partial charge is 1.00 e. The summed E-state index contributed by atoms with van der Waals surface area (Å²) in [6, 6.07) is -0.589. The minimum Gasteiger partial charge on any atom is -1.00 e. The SMILES string of the molecule is CCCCCCCCCCCC(=O)NC(CCCNC(N)[NH3+])C(=O)OC.[Cl-]. The Labute approximate surface area is 171 Å². The molecule has 7 N–H and O–H groups in total. The molecule has 0 aromatic heterocycles. The molecule has 0 aliphatic carbocycles. The molecule has 0 aliphatic heterocycles. The molecule has 162 valence electrons. The van der Waals surface area contributed by atoms with E-state index in [1.165, 1.54) is 52.1 Å². The van der Waals surface area contributed by atoms with Crippen molar-refractivity contribution in [1.82, 2.24) is 10.6 Å². The molecular weight excluding hydrogens is 368 g/mol. The van der Waals surface area contributed by atoms with Crippen LogP contribution in [0.2, 0.25) is 0 Å². The van der Waals surface area contributed by atoms with Crippen LogP contribution in [0.15, 0.2) is 0 Å². The van der Waals surface area contributed by atoms with E-state index in [1.807, 2.05) is 0 Å². The Bertz CT molecular complexity index is 371. The van der Waals surface area contributed by atoms with Crippen LogP contribution >= 0.6 is 0 Å². The van der Waals surface area contributed by atoms with Crippen LogP contribution in [0.25, 0.3) is 0 Å². The highest BCUT2D eigenvalue weighted by Gasteiger charge is 2.20. The quantitative estimate of drug-likeness (QED) is 0.131. The Morgan fingerprint density at radius 3 is 2.07 bits per heavy atom. The Hall–Kier alpha value is -0.890. The van der Waals surface area contributed by atoms with Crippen molar-refractivity contribution in [3.05, 3.63) is 0 Å².